The highest BCUT2D eigenvalue weighted by molar-refractivity contribution is 5.26. The first-order valence-corrected chi connectivity index (χ1v) is 6.43. The van der Waals surface area contributed by atoms with Crippen molar-refractivity contribution in [2.24, 2.45) is 0 Å². The van der Waals surface area contributed by atoms with Crippen LogP contribution in [0.2, 0.25) is 0 Å². The van der Waals surface area contributed by atoms with E-state index in [4.69, 9.17) is 9.47 Å². The van der Waals surface area contributed by atoms with Crippen LogP contribution in [0.25, 0.3) is 0 Å². The summed E-state index contributed by atoms with van der Waals surface area (Å²) in [6.45, 7) is 7.83. The Morgan fingerprint density at radius 2 is 2.05 bits per heavy atom. The minimum atomic E-state index is -0.352. The fourth-order valence-corrected chi connectivity index (χ4v) is 1.46. The number of aromatic nitrogens is 1. The van der Waals surface area contributed by atoms with Gasteiger partial charge >= 0.3 is 0 Å². The number of methoxy groups -OCH3 is 1. The third-order valence-corrected chi connectivity index (χ3v) is 2.43. The van der Waals surface area contributed by atoms with Crippen LogP contribution in [0.5, 0.6) is 5.88 Å². The SMILES string of the molecule is COCCCOc1ncc(F)cc1CNC(C)(C)C. The van der Waals surface area contributed by atoms with Crippen LogP contribution in [-0.4, -0.2) is 30.8 Å². The molecule has 0 bridgehead atoms. The van der Waals surface area contributed by atoms with Gasteiger partial charge in [0.1, 0.15) is 5.82 Å². The van der Waals surface area contributed by atoms with E-state index in [-0.39, 0.29) is 11.4 Å². The largest absolute Gasteiger partial charge is 0.477 e. The van der Waals surface area contributed by atoms with Gasteiger partial charge in [0.15, 0.2) is 0 Å². The zero-order chi connectivity index (χ0) is 14.3. The van der Waals surface area contributed by atoms with Gasteiger partial charge in [-0.2, -0.15) is 0 Å². The van der Waals surface area contributed by atoms with Crippen molar-refractivity contribution < 1.29 is 13.9 Å². The topological polar surface area (TPSA) is 43.4 Å². The molecular formula is C14H23FN2O2. The molecule has 1 aromatic heterocycles. The van der Waals surface area contributed by atoms with Crippen LogP contribution in [0.1, 0.15) is 32.8 Å². The maximum Gasteiger partial charge on any atom is 0.218 e. The van der Waals surface area contributed by atoms with Crippen molar-refractivity contribution in [3.8, 4) is 5.88 Å². The van der Waals surface area contributed by atoms with Crippen molar-refractivity contribution >= 4 is 0 Å². The summed E-state index contributed by atoms with van der Waals surface area (Å²) in [5.74, 6) is 0.129. The average molecular weight is 270 g/mol. The Hall–Kier alpha value is -1.20. The highest BCUT2D eigenvalue weighted by Gasteiger charge is 2.12. The molecule has 0 aliphatic heterocycles. The molecule has 0 saturated carbocycles. The monoisotopic (exact) mass is 270 g/mol. The molecule has 0 atom stereocenters. The van der Waals surface area contributed by atoms with Crippen molar-refractivity contribution in [1.29, 1.82) is 0 Å². The average Bonchev–Trinajstić information content (AvgIpc) is 2.33. The van der Waals surface area contributed by atoms with Gasteiger partial charge in [-0.25, -0.2) is 9.37 Å². The molecule has 0 saturated heterocycles. The van der Waals surface area contributed by atoms with E-state index in [0.29, 0.717) is 25.6 Å². The molecule has 4 nitrogen and oxygen atoms in total. The molecule has 0 aliphatic carbocycles. The zero-order valence-corrected chi connectivity index (χ0v) is 12.1. The summed E-state index contributed by atoms with van der Waals surface area (Å²) in [6.07, 6.45) is 1.95. The minimum Gasteiger partial charge on any atom is -0.477 e. The number of pyridine rings is 1. The fourth-order valence-electron chi connectivity index (χ4n) is 1.46. The van der Waals surface area contributed by atoms with Gasteiger partial charge in [-0.3, -0.25) is 0 Å². The second-order valence-electron chi connectivity index (χ2n) is 5.42. The van der Waals surface area contributed by atoms with Gasteiger partial charge in [0.25, 0.3) is 0 Å². The van der Waals surface area contributed by atoms with Gasteiger partial charge in [-0.1, -0.05) is 0 Å². The van der Waals surface area contributed by atoms with Gasteiger partial charge in [0.05, 0.1) is 12.8 Å². The maximum atomic E-state index is 13.2. The third-order valence-electron chi connectivity index (χ3n) is 2.43. The molecule has 0 spiro atoms. The molecule has 1 N–H and O–H groups in total. The van der Waals surface area contributed by atoms with Crippen LogP contribution in [0.4, 0.5) is 4.39 Å². The van der Waals surface area contributed by atoms with Crippen molar-refractivity contribution in [3.05, 3.63) is 23.6 Å². The van der Waals surface area contributed by atoms with E-state index in [9.17, 15) is 4.39 Å². The Balaban J connectivity index is 2.63. The summed E-state index contributed by atoms with van der Waals surface area (Å²) < 4.78 is 23.8. The first-order valence-electron chi connectivity index (χ1n) is 6.43. The molecule has 1 aromatic rings. The zero-order valence-electron chi connectivity index (χ0n) is 12.1. The molecule has 5 heteroatoms. The van der Waals surface area contributed by atoms with Crippen LogP contribution in [0.3, 0.4) is 0 Å². The van der Waals surface area contributed by atoms with Crippen LogP contribution >= 0.6 is 0 Å². The van der Waals surface area contributed by atoms with Crippen LogP contribution < -0.4 is 10.1 Å². The lowest BCUT2D eigenvalue weighted by molar-refractivity contribution is 0.170. The number of hydrogen-bond acceptors (Lipinski definition) is 4. The number of ether oxygens (including phenoxy) is 2. The molecule has 0 unspecified atom stereocenters. The highest BCUT2D eigenvalue weighted by atomic mass is 19.1. The van der Waals surface area contributed by atoms with Crippen LogP contribution in [0.15, 0.2) is 12.3 Å². The number of halogens is 1. The van der Waals surface area contributed by atoms with Crippen molar-refractivity contribution in [2.75, 3.05) is 20.3 Å². The summed E-state index contributed by atoms with van der Waals surface area (Å²) in [4.78, 5) is 4.00. The summed E-state index contributed by atoms with van der Waals surface area (Å²) in [6, 6.07) is 1.46. The quantitative estimate of drug-likeness (QED) is 0.773. The number of nitrogens with zero attached hydrogens (tertiary/aromatic N) is 1. The second kappa shape index (κ2) is 7.40. The molecule has 0 aromatic carbocycles. The Labute approximate surface area is 114 Å². The lowest BCUT2D eigenvalue weighted by Gasteiger charge is -2.21. The van der Waals surface area contributed by atoms with E-state index in [1.54, 1.807) is 7.11 Å². The van der Waals surface area contributed by atoms with E-state index in [1.807, 2.05) is 0 Å². The molecule has 0 fully saturated rings. The molecule has 19 heavy (non-hydrogen) atoms. The Morgan fingerprint density at radius 1 is 1.32 bits per heavy atom. The van der Waals surface area contributed by atoms with Crippen molar-refractivity contribution in [1.82, 2.24) is 10.3 Å². The maximum absolute atomic E-state index is 13.2. The molecule has 1 heterocycles. The fraction of sp³-hybridized carbons (Fsp3) is 0.643. The molecular weight excluding hydrogens is 247 g/mol. The minimum absolute atomic E-state index is 0.0420. The van der Waals surface area contributed by atoms with E-state index >= 15 is 0 Å². The lowest BCUT2D eigenvalue weighted by Crippen LogP contribution is -2.35. The van der Waals surface area contributed by atoms with E-state index in [2.05, 4.69) is 31.1 Å². The standard InChI is InChI=1S/C14H23FN2O2/c1-14(2,3)17-9-11-8-12(15)10-16-13(11)19-7-5-6-18-4/h8,10,17H,5-7,9H2,1-4H3. The summed E-state index contributed by atoms with van der Waals surface area (Å²) in [5.41, 5.74) is 0.687. The van der Waals surface area contributed by atoms with E-state index < -0.39 is 0 Å². The summed E-state index contributed by atoms with van der Waals surface area (Å²) >= 11 is 0. The number of hydrogen-bond donors (Lipinski definition) is 1. The smallest absolute Gasteiger partial charge is 0.218 e. The molecule has 0 aliphatic rings. The van der Waals surface area contributed by atoms with Crippen molar-refractivity contribution in [2.45, 2.75) is 39.3 Å². The first kappa shape index (κ1) is 15.9. The summed E-state index contributed by atoms with van der Waals surface area (Å²) in [5, 5.41) is 3.30. The predicted molar refractivity (Wildman–Crippen MR) is 72.8 cm³/mol. The summed E-state index contributed by atoms with van der Waals surface area (Å²) in [7, 11) is 1.65. The number of nitrogens with one attached hydrogen (secondary N) is 1. The second-order valence-corrected chi connectivity index (χ2v) is 5.42. The highest BCUT2D eigenvalue weighted by Crippen LogP contribution is 2.17. The van der Waals surface area contributed by atoms with E-state index in [0.717, 1.165) is 12.0 Å². The molecule has 108 valence electrons. The lowest BCUT2D eigenvalue weighted by atomic mass is 10.1. The van der Waals surface area contributed by atoms with Crippen LogP contribution in [-0.2, 0) is 11.3 Å². The van der Waals surface area contributed by atoms with Gasteiger partial charge in [0.2, 0.25) is 5.88 Å². The third kappa shape index (κ3) is 6.50. The van der Waals surface area contributed by atoms with Crippen LogP contribution in [0, 0.1) is 5.82 Å². The van der Waals surface area contributed by atoms with E-state index in [1.165, 1.54) is 12.3 Å². The van der Waals surface area contributed by atoms with Gasteiger partial charge in [0, 0.05) is 37.8 Å². The van der Waals surface area contributed by atoms with Gasteiger partial charge < -0.3 is 14.8 Å². The normalized spacial score (nSPS) is 11.6. The Kier molecular flexibility index (Phi) is 6.18. The molecule has 1 rings (SSSR count). The van der Waals surface area contributed by atoms with Crippen molar-refractivity contribution in [3.63, 3.8) is 0 Å². The Morgan fingerprint density at radius 3 is 2.68 bits per heavy atom. The predicted octanol–water partition coefficient (Wildman–Crippen LogP) is 2.52. The van der Waals surface area contributed by atoms with Gasteiger partial charge in [-0.15, -0.1) is 0 Å². The van der Waals surface area contributed by atoms with Gasteiger partial charge in [-0.05, 0) is 26.8 Å². The number of rotatable bonds is 7. The Bertz CT molecular complexity index is 392. The molecule has 0 radical (unpaired) electrons. The first-order chi connectivity index (χ1) is 8.92. The molecule has 0 amide bonds.